The number of rotatable bonds is 2. The molecule has 5 heteroatoms. The number of hydrogen-bond donors (Lipinski definition) is 1. The summed E-state index contributed by atoms with van der Waals surface area (Å²) in [5, 5.41) is 9.52. The molecular weight excluding hydrogens is 308 g/mol. The Morgan fingerprint density at radius 3 is 2.74 bits per heavy atom. The molecular formula is C14H19BrN2O2. The second-order valence-corrected chi connectivity index (χ2v) is 5.94. The number of benzene rings is 1. The van der Waals surface area contributed by atoms with Gasteiger partial charge in [-0.05, 0) is 31.5 Å². The third kappa shape index (κ3) is 2.62. The number of anilines is 1. The summed E-state index contributed by atoms with van der Waals surface area (Å²) in [7, 11) is 1.79. The fourth-order valence-corrected chi connectivity index (χ4v) is 2.71. The molecule has 104 valence electrons. The highest BCUT2D eigenvalue weighted by atomic mass is 79.9. The molecule has 0 aliphatic carbocycles. The number of piperazine rings is 1. The lowest BCUT2D eigenvalue weighted by atomic mass is 10.1. The Kier molecular flexibility index (Phi) is 4.16. The van der Waals surface area contributed by atoms with Crippen LogP contribution >= 0.6 is 15.9 Å². The van der Waals surface area contributed by atoms with Crippen LogP contribution in [-0.4, -0.2) is 48.2 Å². The zero-order chi connectivity index (χ0) is 14.2. The van der Waals surface area contributed by atoms with Crippen LogP contribution in [0.5, 0.6) is 0 Å². The quantitative estimate of drug-likeness (QED) is 0.901. The Morgan fingerprint density at radius 1 is 1.47 bits per heavy atom. The zero-order valence-electron chi connectivity index (χ0n) is 11.4. The predicted molar refractivity (Wildman–Crippen MR) is 79.3 cm³/mol. The van der Waals surface area contributed by atoms with E-state index in [-0.39, 0.29) is 18.6 Å². The van der Waals surface area contributed by atoms with Gasteiger partial charge >= 0.3 is 0 Å². The molecule has 1 aromatic rings. The third-order valence-electron chi connectivity index (χ3n) is 3.79. The predicted octanol–water partition coefficient (Wildman–Crippen LogP) is 1.79. The molecule has 1 N–H and O–H groups in total. The summed E-state index contributed by atoms with van der Waals surface area (Å²) in [6.45, 7) is 4.60. The minimum absolute atomic E-state index is 0.0297. The summed E-state index contributed by atoms with van der Waals surface area (Å²) in [6.07, 6.45) is 0. The van der Waals surface area contributed by atoms with Crippen LogP contribution < -0.4 is 4.90 Å². The Morgan fingerprint density at radius 2 is 2.16 bits per heavy atom. The van der Waals surface area contributed by atoms with Gasteiger partial charge in [-0.3, -0.25) is 4.79 Å². The minimum Gasteiger partial charge on any atom is -0.394 e. The number of hydrogen-bond acceptors (Lipinski definition) is 3. The smallest absolute Gasteiger partial charge is 0.247 e. The van der Waals surface area contributed by atoms with E-state index in [2.05, 4.69) is 15.9 Å². The molecule has 1 heterocycles. The van der Waals surface area contributed by atoms with E-state index in [0.717, 1.165) is 22.3 Å². The monoisotopic (exact) mass is 326 g/mol. The molecule has 4 nitrogen and oxygen atoms in total. The molecule has 0 bridgehead atoms. The van der Waals surface area contributed by atoms with E-state index in [1.54, 1.807) is 11.9 Å². The molecule has 1 aliphatic heterocycles. The van der Waals surface area contributed by atoms with Gasteiger partial charge in [-0.25, -0.2) is 0 Å². The Balaban J connectivity index is 2.35. The normalized spacial score (nSPS) is 23.9. The lowest BCUT2D eigenvalue weighted by Crippen LogP contribution is -2.61. The maximum Gasteiger partial charge on any atom is 0.247 e. The van der Waals surface area contributed by atoms with Gasteiger partial charge in [-0.15, -0.1) is 0 Å². The molecule has 0 saturated carbocycles. The van der Waals surface area contributed by atoms with Crippen LogP contribution in [-0.2, 0) is 4.79 Å². The summed E-state index contributed by atoms with van der Waals surface area (Å²) in [5.41, 5.74) is 2.11. The maximum absolute atomic E-state index is 12.2. The van der Waals surface area contributed by atoms with Gasteiger partial charge in [0.05, 0.1) is 6.61 Å². The van der Waals surface area contributed by atoms with E-state index in [4.69, 9.17) is 0 Å². The Bertz CT molecular complexity index is 492. The number of halogens is 1. The molecule has 1 aromatic carbocycles. The Hall–Kier alpha value is -1.07. The van der Waals surface area contributed by atoms with Crippen molar-refractivity contribution in [1.29, 1.82) is 0 Å². The SMILES string of the molecule is Cc1ccc(N2CC(C)N(C)C(=O)C2CO)cc1Br. The number of aliphatic hydroxyl groups is 1. The molecule has 0 spiro atoms. The second-order valence-electron chi connectivity index (χ2n) is 5.08. The summed E-state index contributed by atoms with van der Waals surface area (Å²) in [6, 6.07) is 5.66. The molecule has 2 rings (SSSR count). The van der Waals surface area contributed by atoms with Crippen molar-refractivity contribution in [3.63, 3.8) is 0 Å². The topological polar surface area (TPSA) is 43.8 Å². The van der Waals surface area contributed by atoms with Crippen molar-refractivity contribution in [3.05, 3.63) is 28.2 Å². The van der Waals surface area contributed by atoms with E-state index < -0.39 is 6.04 Å². The van der Waals surface area contributed by atoms with Gasteiger partial charge in [0, 0.05) is 29.8 Å². The van der Waals surface area contributed by atoms with Crippen molar-refractivity contribution in [1.82, 2.24) is 4.90 Å². The van der Waals surface area contributed by atoms with Crippen LogP contribution in [0.2, 0.25) is 0 Å². The average Bonchev–Trinajstić information content (AvgIpc) is 2.39. The number of aryl methyl sites for hydroxylation is 1. The first-order valence-electron chi connectivity index (χ1n) is 6.36. The number of likely N-dealkylation sites (N-methyl/N-ethyl adjacent to an activating group) is 1. The molecule has 1 saturated heterocycles. The van der Waals surface area contributed by atoms with Crippen molar-refractivity contribution >= 4 is 27.5 Å². The highest BCUT2D eigenvalue weighted by Gasteiger charge is 2.36. The van der Waals surface area contributed by atoms with Gasteiger partial charge in [0.2, 0.25) is 5.91 Å². The first-order valence-corrected chi connectivity index (χ1v) is 7.15. The van der Waals surface area contributed by atoms with Crippen molar-refractivity contribution in [3.8, 4) is 0 Å². The number of nitrogens with zero attached hydrogens (tertiary/aromatic N) is 2. The van der Waals surface area contributed by atoms with Gasteiger partial charge in [-0.1, -0.05) is 22.0 Å². The van der Waals surface area contributed by atoms with Crippen LogP contribution in [0.1, 0.15) is 12.5 Å². The van der Waals surface area contributed by atoms with Gasteiger partial charge in [0.1, 0.15) is 6.04 Å². The van der Waals surface area contributed by atoms with Crippen molar-refractivity contribution < 1.29 is 9.90 Å². The van der Waals surface area contributed by atoms with Crippen LogP contribution in [0.4, 0.5) is 5.69 Å². The highest BCUT2D eigenvalue weighted by molar-refractivity contribution is 9.10. The summed E-state index contributed by atoms with van der Waals surface area (Å²) < 4.78 is 1.01. The molecule has 19 heavy (non-hydrogen) atoms. The van der Waals surface area contributed by atoms with Gasteiger partial charge in [-0.2, -0.15) is 0 Å². The van der Waals surface area contributed by atoms with Gasteiger partial charge in [0.25, 0.3) is 0 Å². The molecule has 1 fully saturated rings. The second kappa shape index (κ2) is 5.51. The van der Waals surface area contributed by atoms with E-state index in [1.165, 1.54) is 0 Å². The third-order valence-corrected chi connectivity index (χ3v) is 4.65. The molecule has 0 aromatic heterocycles. The average molecular weight is 327 g/mol. The van der Waals surface area contributed by atoms with Gasteiger partial charge in [0.15, 0.2) is 0 Å². The van der Waals surface area contributed by atoms with Gasteiger partial charge < -0.3 is 14.9 Å². The van der Waals surface area contributed by atoms with Crippen LogP contribution in [0.25, 0.3) is 0 Å². The van der Waals surface area contributed by atoms with Crippen molar-refractivity contribution in [2.75, 3.05) is 25.1 Å². The number of aliphatic hydroxyl groups excluding tert-OH is 1. The number of amides is 1. The first-order chi connectivity index (χ1) is 8.95. The number of carbonyl (C=O) groups excluding carboxylic acids is 1. The molecule has 2 atom stereocenters. The summed E-state index contributed by atoms with van der Waals surface area (Å²) >= 11 is 3.51. The van der Waals surface area contributed by atoms with Crippen LogP contribution in [0, 0.1) is 6.92 Å². The first kappa shape index (κ1) is 14.3. The maximum atomic E-state index is 12.2. The van der Waals surface area contributed by atoms with Crippen LogP contribution in [0.15, 0.2) is 22.7 Å². The van der Waals surface area contributed by atoms with Crippen LogP contribution in [0.3, 0.4) is 0 Å². The van der Waals surface area contributed by atoms with E-state index in [9.17, 15) is 9.90 Å². The molecule has 1 aliphatic rings. The van der Waals surface area contributed by atoms with E-state index in [1.807, 2.05) is 36.9 Å². The minimum atomic E-state index is -0.490. The standard InChI is InChI=1S/C14H19BrN2O2/c1-9-4-5-11(6-12(9)15)17-7-10(2)16(3)14(19)13(17)8-18/h4-6,10,13,18H,7-8H2,1-3H3. The fraction of sp³-hybridized carbons (Fsp3) is 0.500. The van der Waals surface area contributed by atoms with E-state index in [0.29, 0.717) is 0 Å². The van der Waals surface area contributed by atoms with Crippen molar-refractivity contribution in [2.45, 2.75) is 25.9 Å². The summed E-state index contributed by atoms with van der Waals surface area (Å²) in [4.78, 5) is 15.9. The fourth-order valence-electron chi connectivity index (χ4n) is 2.34. The largest absolute Gasteiger partial charge is 0.394 e. The molecule has 2 unspecified atom stereocenters. The lowest BCUT2D eigenvalue weighted by Gasteiger charge is -2.43. The molecule has 1 amide bonds. The summed E-state index contributed by atoms with van der Waals surface area (Å²) in [5.74, 6) is -0.0297. The molecule has 0 radical (unpaired) electrons. The number of carbonyl (C=O) groups is 1. The highest BCUT2D eigenvalue weighted by Crippen LogP contribution is 2.28. The van der Waals surface area contributed by atoms with Crippen molar-refractivity contribution in [2.24, 2.45) is 0 Å². The zero-order valence-corrected chi connectivity index (χ0v) is 13.0. The Labute approximate surface area is 122 Å². The lowest BCUT2D eigenvalue weighted by molar-refractivity contribution is -0.136. The van der Waals surface area contributed by atoms with E-state index >= 15 is 0 Å².